The number of hydrogen-bond acceptors (Lipinski definition) is 5. The summed E-state index contributed by atoms with van der Waals surface area (Å²) >= 11 is 0. The Bertz CT molecular complexity index is 854. The van der Waals surface area contributed by atoms with Crippen LogP contribution in [0.3, 0.4) is 0 Å². The highest BCUT2D eigenvalue weighted by Gasteiger charge is 2.38. The van der Waals surface area contributed by atoms with Crippen LogP contribution in [0.4, 0.5) is 0 Å². The molecule has 2 aliphatic heterocycles. The summed E-state index contributed by atoms with van der Waals surface area (Å²) in [4.78, 5) is 24.4. The van der Waals surface area contributed by atoms with E-state index in [0.717, 1.165) is 75.4 Å². The van der Waals surface area contributed by atoms with Crippen molar-refractivity contribution in [1.29, 1.82) is 0 Å². The fourth-order valence-electron chi connectivity index (χ4n) is 5.12. The molecule has 0 radical (unpaired) electrons. The summed E-state index contributed by atoms with van der Waals surface area (Å²) in [6.07, 6.45) is 8.46. The monoisotopic (exact) mass is 414 g/mol. The molecule has 2 aromatic heterocycles. The third kappa shape index (κ3) is 4.52. The third-order valence-electron chi connectivity index (χ3n) is 6.73. The zero-order valence-corrected chi connectivity index (χ0v) is 18.3. The van der Waals surface area contributed by atoms with E-state index in [2.05, 4.69) is 21.4 Å². The van der Waals surface area contributed by atoms with E-state index in [4.69, 9.17) is 14.5 Å². The normalized spacial score (nSPS) is 20.0. The van der Waals surface area contributed by atoms with Crippen LogP contribution in [0.5, 0.6) is 0 Å². The molecule has 0 saturated carbocycles. The zero-order valence-electron chi connectivity index (χ0n) is 18.3. The van der Waals surface area contributed by atoms with Crippen molar-refractivity contribution in [2.24, 2.45) is 5.41 Å². The minimum atomic E-state index is 0.149. The summed E-state index contributed by atoms with van der Waals surface area (Å²) in [7, 11) is 1.71. The highest BCUT2D eigenvalue weighted by molar-refractivity contribution is 5.76. The standard InChI is InChI=1S/C23H34N4O3/c1-18(16-29-2)27-20(25-19-6-4-12-24-22(19)27)7-3-8-21(28)26-13-5-9-23(17-26)10-14-30-15-11-23/h4,6,12,18H,3,5,7-11,13-17H2,1-2H3/t18-/m1/s1. The van der Waals surface area contributed by atoms with E-state index in [0.29, 0.717) is 18.4 Å². The molecule has 2 saturated heterocycles. The van der Waals surface area contributed by atoms with Crippen LogP contribution in [-0.4, -0.2) is 65.4 Å². The van der Waals surface area contributed by atoms with Crippen LogP contribution in [0.1, 0.15) is 57.3 Å². The Morgan fingerprint density at radius 2 is 2.17 bits per heavy atom. The maximum absolute atomic E-state index is 12.9. The molecule has 0 unspecified atom stereocenters. The lowest BCUT2D eigenvalue weighted by atomic mass is 9.74. The number of rotatable bonds is 7. The predicted molar refractivity (Wildman–Crippen MR) is 115 cm³/mol. The van der Waals surface area contributed by atoms with Gasteiger partial charge in [-0.2, -0.15) is 0 Å². The van der Waals surface area contributed by atoms with Gasteiger partial charge in [-0.1, -0.05) is 0 Å². The number of nitrogens with zero attached hydrogens (tertiary/aromatic N) is 4. The highest BCUT2D eigenvalue weighted by Crippen LogP contribution is 2.39. The first-order valence-electron chi connectivity index (χ1n) is 11.3. The molecule has 1 amide bonds. The lowest BCUT2D eigenvalue weighted by molar-refractivity contribution is -0.137. The predicted octanol–water partition coefficient (Wildman–Crippen LogP) is 3.38. The van der Waals surface area contributed by atoms with Crippen LogP contribution in [-0.2, 0) is 20.7 Å². The first-order chi connectivity index (χ1) is 14.6. The Hall–Kier alpha value is -1.99. The average molecular weight is 415 g/mol. The van der Waals surface area contributed by atoms with Gasteiger partial charge in [0, 0.05) is 52.5 Å². The van der Waals surface area contributed by atoms with E-state index in [1.54, 1.807) is 13.3 Å². The number of amides is 1. The van der Waals surface area contributed by atoms with Gasteiger partial charge in [0.1, 0.15) is 11.3 Å². The maximum atomic E-state index is 12.9. The van der Waals surface area contributed by atoms with Crippen molar-refractivity contribution in [2.45, 2.75) is 57.9 Å². The first kappa shape index (κ1) is 21.2. The molecule has 0 aliphatic carbocycles. The first-order valence-corrected chi connectivity index (χ1v) is 11.3. The molecule has 164 valence electrons. The molecular weight excluding hydrogens is 380 g/mol. The topological polar surface area (TPSA) is 69.5 Å². The third-order valence-corrected chi connectivity index (χ3v) is 6.73. The molecule has 0 bridgehead atoms. The van der Waals surface area contributed by atoms with Gasteiger partial charge in [0.25, 0.3) is 0 Å². The summed E-state index contributed by atoms with van der Waals surface area (Å²) in [5.41, 5.74) is 2.08. The van der Waals surface area contributed by atoms with E-state index in [-0.39, 0.29) is 11.9 Å². The molecule has 4 rings (SSSR count). The van der Waals surface area contributed by atoms with Crippen molar-refractivity contribution in [3.05, 3.63) is 24.2 Å². The van der Waals surface area contributed by atoms with E-state index < -0.39 is 0 Å². The van der Waals surface area contributed by atoms with Crippen LogP contribution < -0.4 is 0 Å². The number of carbonyl (C=O) groups excluding carboxylic acids is 1. The number of likely N-dealkylation sites (tertiary alicyclic amines) is 1. The Kier molecular flexibility index (Phi) is 6.68. The minimum absolute atomic E-state index is 0.149. The second-order valence-electron chi connectivity index (χ2n) is 8.93. The zero-order chi connectivity index (χ0) is 21.0. The fourth-order valence-corrected chi connectivity index (χ4v) is 5.12. The molecule has 7 nitrogen and oxygen atoms in total. The SMILES string of the molecule is COC[C@@H](C)n1c(CCCC(=O)N2CCCC3(CCOCC3)C2)nc2cccnc21. The summed E-state index contributed by atoms with van der Waals surface area (Å²) in [5.74, 6) is 1.27. The maximum Gasteiger partial charge on any atom is 0.222 e. The second kappa shape index (κ2) is 9.43. The van der Waals surface area contributed by atoms with Gasteiger partial charge >= 0.3 is 0 Å². The Balaban J connectivity index is 1.38. The lowest BCUT2D eigenvalue weighted by Crippen LogP contribution is -2.48. The number of imidazole rings is 1. The second-order valence-corrected chi connectivity index (χ2v) is 8.93. The number of methoxy groups -OCH3 is 1. The van der Waals surface area contributed by atoms with Crippen LogP contribution in [0, 0.1) is 5.41 Å². The molecule has 0 aromatic carbocycles. The average Bonchev–Trinajstić information content (AvgIpc) is 3.13. The van der Waals surface area contributed by atoms with Gasteiger partial charge in [0.2, 0.25) is 5.91 Å². The van der Waals surface area contributed by atoms with Crippen molar-refractivity contribution in [3.63, 3.8) is 0 Å². The molecule has 1 spiro atoms. The van der Waals surface area contributed by atoms with Gasteiger partial charge in [-0.3, -0.25) is 4.79 Å². The van der Waals surface area contributed by atoms with E-state index in [1.807, 2.05) is 12.1 Å². The minimum Gasteiger partial charge on any atom is -0.383 e. The summed E-state index contributed by atoms with van der Waals surface area (Å²) < 4.78 is 13.1. The van der Waals surface area contributed by atoms with Gasteiger partial charge in [-0.05, 0) is 56.6 Å². The molecule has 30 heavy (non-hydrogen) atoms. The van der Waals surface area contributed by atoms with Crippen LogP contribution in [0.25, 0.3) is 11.2 Å². The number of ether oxygens (including phenoxy) is 2. The molecule has 0 N–H and O–H groups in total. The van der Waals surface area contributed by atoms with Crippen molar-refractivity contribution >= 4 is 17.1 Å². The quantitative estimate of drug-likeness (QED) is 0.695. The van der Waals surface area contributed by atoms with Gasteiger partial charge in [0.05, 0.1) is 12.6 Å². The number of hydrogen-bond donors (Lipinski definition) is 0. The number of carbonyl (C=O) groups is 1. The molecule has 2 fully saturated rings. The number of pyridine rings is 1. The number of aryl methyl sites for hydroxylation is 1. The van der Waals surface area contributed by atoms with Crippen molar-refractivity contribution in [2.75, 3.05) is 40.0 Å². The largest absolute Gasteiger partial charge is 0.383 e. The fraction of sp³-hybridized carbons (Fsp3) is 0.696. The van der Waals surface area contributed by atoms with Crippen LogP contribution >= 0.6 is 0 Å². The van der Waals surface area contributed by atoms with E-state index in [9.17, 15) is 4.79 Å². The van der Waals surface area contributed by atoms with Gasteiger partial charge in [-0.25, -0.2) is 9.97 Å². The van der Waals surface area contributed by atoms with Gasteiger partial charge in [-0.15, -0.1) is 0 Å². The number of aromatic nitrogens is 3. The summed E-state index contributed by atoms with van der Waals surface area (Å²) in [6.45, 7) is 6.21. The smallest absolute Gasteiger partial charge is 0.222 e. The van der Waals surface area contributed by atoms with E-state index in [1.165, 1.54) is 6.42 Å². The lowest BCUT2D eigenvalue weighted by Gasteiger charge is -2.45. The van der Waals surface area contributed by atoms with E-state index >= 15 is 0 Å². The molecule has 1 atom stereocenters. The molecule has 7 heteroatoms. The Labute approximate surface area is 178 Å². The Morgan fingerprint density at radius 3 is 2.97 bits per heavy atom. The van der Waals surface area contributed by atoms with Gasteiger partial charge in [0.15, 0.2) is 5.65 Å². The van der Waals surface area contributed by atoms with Crippen molar-refractivity contribution < 1.29 is 14.3 Å². The molecule has 2 aromatic rings. The number of fused-ring (bicyclic) bond motifs is 1. The molecule has 4 heterocycles. The molecular formula is C23H34N4O3. The summed E-state index contributed by atoms with van der Waals surface area (Å²) in [5, 5.41) is 0. The number of piperidine rings is 1. The Morgan fingerprint density at radius 1 is 1.33 bits per heavy atom. The van der Waals surface area contributed by atoms with Gasteiger partial charge < -0.3 is 18.9 Å². The van der Waals surface area contributed by atoms with Crippen molar-refractivity contribution in [3.8, 4) is 0 Å². The summed E-state index contributed by atoms with van der Waals surface area (Å²) in [6, 6.07) is 4.06. The molecule has 2 aliphatic rings. The van der Waals surface area contributed by atoms with Crippen LogP contribution in [0.2, 0.25) is 0 Å². The highest BCUT2D eigenvalue weighted by atomic mass is 16.5. The van der Waals surface area contributed by atoms with Crippen molar-refractivity contribution in [1.82, 2.24) is 19.4 Å². The van der Waals surface area contributed by atoms with Crippen LogP contribution in [0.15, 0.2) is 18.3 Å².